The number of hydrogen-bond acceptors (Lipinski definition) is 3. The first kappa shape index (κ1) is 31.1. The fourth-order valence-electron chi connectivity index (χ4n) is 9.06. The molecule has 254 valence electrons. The lowest BCUT2D eigenvalue weighted by molar-refractivity contribution is 0.668. The van der Waals surface area contributed by atoms with E-state index >= 15 is 0 Å². The van der Waals surface area contributed by atoms with E-state index in [0.29, 0.717) is 0 Å². The number of benzene rings is 8. The van der Waals surface area contributed by atoms with Crippen LogP contribution in [0, 0.1) is 0 Å². The van der Waals surface area contributed by atoms with Crippen molar-refractivity contribution in [3.63, 3.8) is 0 Å². The molecule has 0 bridgehead atoms. The molecule has 0 N–H and O–H groups in total. The molecule has 54 heavy (non-hydrogen) atoms. The van der Waals surface area contributed by atoms with Gasteiger partial charge in [-0.3, -0.25) is 0 Å². The SMILES string of the molecule is CC1(C)c2c(cccc2-c2ccc(-c3nc(-c4ccccc4)cc(-c4ccc5sc6ccccc6c5c4)n3)c3ccccc23)-c2ccc3ccccc3c21. The van der Waals surface area contributed by atoms with Gasteiger partial charge in [-0.2, -0.15) is 0 Å². The number of thiophene rings is 1. The second kappa shape index (κ2) is 11.8. The van der Waals surface area contributed by atoms with Gasteiger partial charge in [0, 0.05) is 42.3 Å². The van der Waals surface area contributed by atoms with E-state index < -0.39 is 0 Å². The first-order valence-corrected chi connectivity index (χ1v) is 19.4. The molecule has 0 atom stereocenters. The van der Waals surface area contributed by atoms with Gasteiger partial charge in [0.2, 0.25) is 0 Å². The lowest BCUT2D eigenvalue weighted by Crippen LogP contribution is -2.17. The number of fused-ring (bicyclic) bond motifs is 9. The highest BCUT2D eigenvalue weighted by molar-refractivity contribution is 7.25. The summed E-state index contributed by atoms with van der Waals surface area (Å²) in [4.78, 5) is 10.6. The Morgan fingerprint density at radius 3 is 1.80 bits per heavy atom. The molecule has 0 radical (unpaired) electrons. The molecule has 2 aromatic heterocycles. The van der Waals surface area contributed by atoms with Crippen molar-refractivity contribution < 1.29 is 0 Å². The van der Waals surface area contributed by atoms with Crippen molar-refractivity contribution >= 4 is 53.1 Å². The van der Waals surface area contributed by atoms with E-state index in [1.807, 2.05) is 11.3 Å². The zero-order valence-corrected chi connectivity index (χ0v) is 30.8. The van der Waals surface area contributed by atoms with E-state index in [0.717, 1.165) is 39.3 Å². The van der Waals surface area contributed by atoms with E-state index in [1.54, 1.807) is 0 Å². The summed E-state index contributed by atoms with van der Waals surface area (Å²) in [6.07, 6.45) is 0. The maximum Gasteiger partial charge on any atom is 0.161 e. The van der Waals surface area contributed by atoms with Crippen LogP contribution in [-0.2, 0) is 5.41 Å². The normalized spacial score (nSPS) is 13.1. The van der Waals surface area contributed by atoms with Gasteiger partial charge >= 0.3 is 0 Å². The first-order chi connectivity index (χ1) is 26.5. The van der Waals surface area contributed by atoms with Crippen molar-refractivity contribution in [1.82, 2.24) is 9.97 Å². The maximum atomic E-state index is 5.35. The molecule has 0 fully saturated rings. The Balaban J connectivity index is 1.11. The molecule has 8 aromatic carbocycles. The Morgan fingerprint density at radius 1 is 0.389 bits per heavy atom. The smallest absolute Gasteiger partial charge is 0.161 e. The predicted octanol–water partition coefficient (Wildman–Crippen LogP) is 14.1. The Morgan fingerprint density at radius 2 is 0.981 bits per heavy atom. The van der Waals surface area contributed by atoms with Crippen LogP contribution in [-0.4, -0.2) is 9.97 Å². The third-order valence-corrected chi connectivity index (χ3v) is 12.6. The summed E-state index contributed by atoms with van der Waals surface area (Å²) in [5, 5.41) is 7.50. The summed E-state index contributed by atoms with van der Waals surface area (Å²) in [5.41, 5.74) is 12.8. The molecule has 0 aliphatic heterocycles. The van der Waals surface area contributed by atoms with Crippen molar-refractivity contribution in [2.75, 3.05) is 0 Å². The first-order valence-electron chi connectivity index (χ1n) is 18.6. The monoisotopic (exact) mass is 706 g/mol. The average Bonchev–Trinajstić information content (AvgIpc) is 3.72. The van der Waals surface area contributed by atoms with Gasteiger partial charge in [-0.25, -0.2) is 9.97 Å². The van der Waals surface area contributed by atoms with Crippen molar-refractivity contribution in [2.45, 2.75) is 19.3 Å². The van der Waals surface area contributed by atoms with Gasteiger partial charge in [-0.05, 0) is 85.3 Å². The minimum Gasteiger partial charge on any atom is -0.228 e. The van der Waals surface area contributed by atoms with E-state index in [2.05, 4.69) is 184 Å². The van der Waals surface area contributed by atoms with Gasteiger partial charge in [-0.15, -0.1) is 11.3 Å². The summed E-state index contributed by atoms with van der Waals surface area (Å²) in [6, 6.07) is 61.6. The van der Waals surface area contributed by atoms with Crippen molar-refractivity contribution in [3.05, 3.63) is 181 Å². The second-order valence-corrected chi connectivity index (χ2v) is 16.0. The van der Waals surface area contributed by atoms with Gasteiger partial charge in [-0.1, -0.05) is 153 Å². The minimum atomic E-state index is -0.182. The molecular formula is C51H34N2S. The maximum absolute atomic E-state index is 5.35. The van der Waals surface area contributed by atoms with Gasteiger partial charge < -0.3 is 0 Å². The van der Waals surface area contributed by atoms with Crippen LogP contribution in [0.2, 0.25) is 0 Å². The van der Waals surface area contributed by atoms with Crippen molar-refractivity contribution in [3.8, 4) is 56.2 Å². The topological polar surface area (TPSA) is 25.8 Å². The summed E-state index contributed by atoms with van der Waals surface area (Å²) in [6.45, 7) is 4.79. The Kier molecular flexibility index (Phi) is 6.80. The number of rotatable bonds is 4. The van der Waals surface area contributed by atoms with Crippen LogP contribution < -0.4 is 0 Å². The van der Waals surface area contributed by atoms with Gasteiger partial charge in [0.1, 0.15) is 0 Å². The molecule has 2 nitrogen and oxygen atoms in total. The lowest BCUT2D eigenvalue weighted by atomic mass is 9.77. The highest BCUT2D eigenvalue weighted by Gasteiger charge is 2.39. The summed E-state index contributed by atoms with van der Waals surface area (Å²) in [7, 11) is 0. The number of nitrogens with zero attached hydrogens (tertiary/aromatic N) is 2. The van der Waals surface area contributed by atoms with E-state index in [4.69, 9.17) is 9.97 Å². The van der Waals surface area contributed by atoms with Gasteiger partial charge in [0.25, 0.3) is 0 Å². The second-order valence-electron chi connectivity index (χ2n) is 14.9. The van der Waals surface area contributed by atoms with Crippen molar-refractivity contribution in [2.24, 2.45) is 0 Å². The molecule has 1 aliphatic carbocycles. The van der Waals surface area contributed by atoms with Crippen LogP contribution in [0.3, 0.4) is 0 Å². The Labute approximate surface area is 318 Å². The average molecular weight is 707 g/mol. The summed E-state index contributed by atoms with van der Waals surface area (Å²) >= 11 is 1.84. The predicted molar refractivity (Wildman–Crippen MR) is 229 cm³/mol. The molecule has 10 aromatic rings. The van der Waals surface area contributed by atoms with E-state index in [9.17, 15) is 0 Å². The number of hydrogen-bond donors (Lipinski definition) is 0. The number of aromatic nitrogens is 2. The molecule has 0 unspecified atom stereocenters. The van der Waals surface area contributed by atoms with Crippen LogP contribution in [0.5, 0.6) is 0 Å². The molecule has 0 saturated carbocycles. The van der Waals surface area contributed by atoms with Crippen molar-refractivity contribution in [1.29, 1.82) is 0 Å². The third-order valence-electron chi connectivity index (χ3n) is 11.5. The van der Waals surface area contributed by atoms with Crippen LogP contribution in [0.1, 0.15) is 25.0 Å². The van der Waals surface area contributed by atoms with Crippen LogP contribution in [0.15, 0.2) is 170 Å². The van der Waals surface area contributed by atoms with Crippen LogP contribution >= 0.6 is 11.3 Å². The molecule has 1 aliphatic rings. The Bertz CT molecular complexity index is 3130. The molecule has 0 saturated heterocycles. The third kappa shape index (κ3) is 4.65. The minimum absolute atomic E-state index is 0.182. The Hall–Kier alpha value is -6.42. The summed E-state index contributed by atoms with van der Waals surface area (Å²) < 4.78 is 2.58. The molecule has 3 heteroatoms. The van der Waals surface area contributed by atoms with E-state index in [1.165, 1.54) is 69.7 Å². The standard InChI is InChI=1S/C51H34N2S/c1-51(2)48-34-16-7-6-13-31(34)23-25-41(48)40-21-12-20-39(49(40)51)37-26-27-42(36-18-9-8-17-35(36)37)50-52-44(32-14-4-3-5-15-32)30-45(53-50)33-24-28-47-43(29-33)38-19-10-11-22-46(38)54-47/h3-30H,1-2H3. The molecule has 11 rings (SSSR count). The molecule has 0 amide bonds. The largest absolute Gasteiger partial charge is 0.228 e. The molecular weight excluding hydrogens is 673 g/mol. The highest BCUT2D eigenvalue weighted by Crippen LogP contribution is 2.55. The zero-order valence-electron chi connectivity index (χ0n) is 30.0. The van der Waals surface area contributed by atoms with Gasteiger partial charge in [0.05, 0.1) is 11.4 Å². The quantitative estimate of drug-likeness (QED) is 0.182. The van der Waals surface area contributed by atoms with Crippen LogP contribution in [0.4, 0.5) is 0 Å². The molecule has 0 spiro atoms. The van der Waals surface area contributed by atoms with E-state index in [-0.39, 0.29) is 5.41 Å². The fraction of sp³-hybridized carbons (Fsp3) is 0.0588. The van der Waals surface area contributed by atoms with Gasteiger partial charge in [0.15, 0.2) is 5.82 Å². The summed E-state index contributed by atoms with van der Waals surface area (Å²) in [5.74, 6) is 0.724. The van der Waals surface area contributed by atoms with Crippen LogP contribution in [0.25, 0.3) is 97.9 Å². The molecule has 2 heterocycles. The zero-order chi connectivity index (χ0) is 36.0. The lowest BCUT2D eigenvalue weighted by Gasteiger charge is -2.26. The fourth-order valence-corrected chi connectivity index (χ4v) is 10.1. The highest BCUT2D eigenvalue weighted by atomic mass is 32.1.